The quantitative estimate of drug-likeness (QED) is 0.539. The monoisotopic (exact) mass is 427 g/mol. The van der Waals surface area contributed by atoms with Gasteiger partial charge in [-0.25, -0.2) is 0 Å². The number of ether oxygens (including phenoxy) is 2. The van der Waals surface area contributed by atoms with E-state index >= 15 is 0 Å². The summed E-state index contributed by atoms with van der Waals surface area (Å²) < 4.78 is 16.2. The second kappa shape index (κ2) is 9.30. The molecule has 2 aromatic heterocycles. The van der Waals surface area contributed by atoms with Gasteiger partial charge in [0.1, 0.15) is 6.54 Å². The minimum absolute atomic E-state index is 0.0303. The topological polar surface area (TPSA) is 77.7 Å². The van der Waals surface area contributed by atoms with Gasteiger partial charge in [0.2, 0.25) is 11.7 Å². The van der Waals surface area contributed by atoms with E-state index in [0.29, 0.717) is 29.8 Å². The Kier molecular flexibility index (Phi) is 6.32. The molecule has 0 spiro atoms. The summed E-state index contributed by atoms with van der Waals surface area (Å²) in [4.78, 5) is 20.3. The van der Waals surface area contributed by atoms with Gasteiger partial charge in [-0.15, -0.1) is 11.3 Å². The molecular weight excluding hydrogens is 402 g/mol. The van der Waals surface area contributed by atoms with Crippen molar-refractivity contribution >= 4 is 17.2 Å². The molecule has 30 heavy (non-hydrogen) atoms. The lowest BCUT2D eigenvalue weighted by atomic mass is 9.94. The van der Waals surface area contributed by atoms with Crippen LogP contribution in [-0.4, -0.2) is 41.2 Å². The Bertz CT molecular complexity index is 980. The fourth-order valence-electron chi connectivity index (χ4n) is 3.86. The first-order chi connectivity index (χ1) is 14.7. The highest BCUT2D eigenvalue weighted by molar-refractivity contribution is 7.12. The van der Waals surface area contributed by atoms with E-state index in [2.05, 4.69) is 10.1 Å². The highest BCUT2D eigenvalue weighted by atomic mass is 32.1. The molecule has 158 valence electrons. The maximum absolute atomic E-state index is 13.2. The Morgan fingerprint density at radius 2 is 1.97 bits per heavy atom. The molecule has 1 aromatic carbocycles. The molecule has 7 nitrogen and oxygen atoms in total. The summed E-state index contributed by atoms with van der Waals surface area (Å²) >= 11 is 1.46. The molecule has 1 aliphatic carbocycles. The van der Waals surface area contributed by atoms with Crippen LogP contribution in [0.15, 0.2) is 40.2 Å². The number of aromatic nitrogens is 2. The number of rotatable bonds is 7. The predicted molar refractivity (Wildman–Crippen MR) is 114 cm³/mol. The summed E-state index contributed by atoms with van der Waals surface area (Å²) in [7, 11) is 3.18. The Balaban J connectivity index is 1.57. The van der Waals surface area contributed by atoms with Gasteiger partial charge in [-0.3, -0.25) is 4.79 Å². The van der Waals surface area contributed by atoms with Gasteiger partial charge in [-0.05, 0) is 42.5 Å². The van der Waals surface area contributed by atoms with E-state index < -0.39 is 0 Å². The average molecular weight is 428 g/mol. The van der Waals surface area contributed by atoms with E-state index in [1.165, 1.54) is 17.8 Å². The van der Waals surface area contributed by atoms with Gasteiger partial charge in [0.15, 0.2) is 11.5 Å². The van der Waals surface area contributed by atoms with E-state index in [1.54, 1.807) is 20.3 Å². The first-order valence-electron chi connectivity index (χ1n) is 10.1. The molecule has 4 rings (SSSR count). The van der Waals surface area contributed by atoms with E-state index in [9.17, 15) is 4.79 Å². The van der Waals surface area contributed by atoms with Crippen LogP contribution in [0.2, 0.25) is 0 Å². The number of carbonyl (C=O) groups excluding carboxylic acids is 1. The fraction of sp³-hybridized carbons (Fsp3) is 0.409. The minimum atomic E-state index is 0.0303. The van der Waals surface area contributed by atoms with E-state index in [-0.39, 0.29) is 11.9 Å². The number of carbonyl (C=O) groups is 1. The molecule has 2 heterocycles. The normalized spacial score (nSPS) is 14.5. The van der Waals surface area contributed by atoms with E-state index in [0.717, 1.165) is 36.1 Å². The number of hydrogen-bond acceptors (Lipinski definition) is 7. The Hall–Kier alpha value is -2.87. The van der Waals surface area contributed by atoms with E-state index in [1.807, 2.05) is 34.5 Å². The molecule has 8 heteroatoms. The molecule has 0 atom stereocenters. The van der Waals surface area contributed by atoms with Crippen molar-refractivity contribution in [3.05, 3.63) is 46.5 Å². The van der Waals surface area contributed by atoms with E-state index in [4.69, 9.17) is 14.0 Å². The largest absolute Gasteiger partial charge is 0.493 e. The first-order valence-corrected chi connectivity index (χ1v) is 11.0. The highest BCUT2D eigenvalue weighted by Crippen LogP contribution is 2.32. The zero-order chi connectivity index (χ0) is 20.9. The van der Waals surface area contributed by atoms with Crippen molar-refractivity contribution < 1.29 is 18.8 Å². The zero-order valence-electron chi connectivity index (χ0n) is 17.2. The molecule has 1 amide bonds. The van der Waals surface area contributed by atoms with Crippen LogP contribution in [0.1, 0.15) is 47.7 Å². The molecule has 0 aliphatic heterocycles. The third-order valence-corrected chi connectivity index (χ3v) is 6.28. The number of methoxy groups -OCH3 is 2. The van der Waals surface area contributed by atoms with Crippen LogP contribution in [0.5, 0.6) is 11.5 Å². The second-order valence-corrected chi connectivity index (χ2v) is 8.23. The van der Waals surface area contributed by atoms with Crippen LogP contribution < -0.4 is 9.47 Å². The van der Waals surface area contributed by atoms with Crippen molar-refractivity contribution in [2.75, 3.05) is 14.2 Å². The number of nitrogens with zero attached hydrogens (tertiary/aromatic N) is 3. The van der Waals surface area contributed by atoms with Crippen LogP contribution in [0, 0.1) is 0 Å². The van der Waals surface area contributed by atoms with Gasteiger partial charge in [0.05, 0.1) is 19.1 Å². The maximum atomic E-state index is 13.2. The lowest BCUT2D eigenvalue weighted by Crippen LogP contribution is -2.40. The highest BCUT2D eigenvalue weighted by Gasteiger charge is 2.28. The van der Waals surface area contributed by atoms with Crippen molar-refractivity contribution in [2.45, 2.75) is 44.7 Å². The summed E-state index contributed by atoms with van der Waals surface area (Å²) in [5.74, 6) is 2.14. The standard InChI is InChI=1S/C22H25N3O4S/c1-27-17-11-10-15(13-18(17)28-2)21-23-20(29-24-21)14-25(16-7-4-3-5-8-16)22(26)19-9-6-12-30-19/h6,9-13,16H,3-5,7-8,14H2,1-2H3. The molecule has 1 fully saturated rings. The smallest absolute Gasteiger partial charge is 0.264 e. The molecule has 0 bridgehead atoms. The SMILES string of the molecule is COc1ccc(-c2noc(CN(C(=O)c3cccs3)C3CCCCC3)n2)cc1OC. The van der Waals surface area contributed by atoms with Gasteiger partial charge in [-0.2, -0.15) is 4.98 Å². The zero-order valence-corrected chi connectivity index (χ0v) is 18.0. The second-order valence-electron chi connectivity index (χ2n) is 7.28. The molecule has 0 unspecified atom stereocenters. The molecule has 1 saturated carbocycles. The molecule has 0 saturated heterocycles. The van der Waals surface area contributed by atoms with Gasteiger partial charge in [-0.1, -0.05) is 30.5 Å². The van der Waals surface area contributed by atoms with Gasteiger partial charge >= 0.3 is 0 Å². The van der Waals surface area contributed by atoms with Gasteiger partial charge < -0.3 is 18.9 Å². The van der Waals surface area contributed by atoms with Crippen molar-refractivity contribution in [1.29, 1.82) is 0 Å². The first kappa shape index (κ1) is 20.4. The number of benzene rings is 1. The van der Waals surface area contributed by atoms with Crippen LogP contribution in [0.4, 0.5) is 0 Å². The summed E-state index contributed by atoms with van der Waals surface area (Å²) in [6.07, 6.45) is 5.52. The molecule has 3 aromatic rings. The third kappa shape index (κ3) is 4.33. The number of amides is 1. The Morgan fingerprint density at radius 3 is 2.67 bits per heavy atom. The third-order valence-electron chi connectivity index (χ3n) is 5.42. The van der Waals surface area contributed by atoms with Crippen molar-refractivity contribution in [3.8, 4) is 22.9 Å². The average Bonchev–Trinajstić information content (AvgIpc) is 3.49. The van der Waals surface area contributed by atoms with Crippen LogP contribution >= 0.6 is 11.3 Å². The Labute approximate surface area is 179 Å². The molecular formula is C22H25N3O4S. The van der Waals surface area contributed by atoms with Crippen molar-refractivity contribution in [1.82, 2.24) is 15.0 Å². The molecule has 0 radical (unpaired) electrons. The summed E-state index contributed by atoms with van der Waals surface area (Å²) in [5, 5.41) is 6.04. The summed E-state index contributed by atoms with van der Waals surface area (Å²) in [6, 6.07) is 9.43. The molecule has 1 aliphatic rings. The number of hydrogen-bond donors (Lipinski definition) is 0. The van der Waals surface area contributed by atoms with Crippen LogP contribution in [0.25, 0.3) is 11.4 Å². The fourth-order valence-corrected chi connectivity index (χ4v) is 4.54. The van der Waals surface area contributed by atoms with Gasteiger partial charge in [0, 0.05) is 11.6 Å². The summed E-state index contributed by atoms with van der Waals surface area (Å²) in [6.45, 7) is 0.307. The lowest BCUT2D eigenvalue weighted by molar-refractivity contribution is 0.0591. The van der Waals surface area contributed by atoms with Crippen LogP contribution in [-0.2, 0) is 6.54 Å². The van der Waals surface area contributed by atoms with Crippen molar-refractivity contribution in [3.63, 3.8) is 0 Å². The Morgan fingerprint density at radius 1 is 1.17 bits per heavy atom. The maximum Gasteiger partial charge on any atom is 0.264 e. The van der Waals surface area contributed by atoms with Gasteiger partial charge in [0.25, 0.3) is 5.91 Å². The van der Waals surface area contributed by atoms with Crippen molar-refractivity contribution in [2.24, 2.45) is 0 Å². The van der Waals surface area contributed by atoms with Crippen LogP contribution in [0.3, 0.4) is 0 Å². The molecule has 0 N–H and O–H groups in total. The predicted octanol–water partition coefficient (Wildman–Crippen LogP) is 4.79. The lowest BCUT2D eigenvalue weighted by Gasteiger charge is -2.33. The summed E-state index contributed by atoms with van der Waals surface area (Å²) in [5.41, 5.74) is 0.761. The number of thiophene rings is 1. The minimum Gasteiger partial charge on any atom is -0.493 e.